The minimum Gasteiger partial charge on any atom is -0.610 e. The van der Waals surface area contributed by atoms with Gasteiger partial charge in [0, 0.05) is 35.7 Å². The molecule has 0 spiro atoms. The molecule has 2 aromatic carbocycles. The molecule has 0 aliphatic heterocycles. The second kappa shape index (κ2) is 10.1. The Morgan fingerprint density at radius 3 is 2.58 bits per heavy atom. The monoisotopic (exact) mass is 531 g/mol. The summed E-state index contributed by atoms with van der Waals surface area (Å²) in [6.07, 6.45) is 2.92. The van der Waals surface area contributed by atoms with Crippen LogP contribution in [0.3, 0.4) is 0 Å². The highest BCUT2D eigenvalue weighted by Gasteiger charge is 2.22. The van der Waals surface area contributed by atoms with Crippen LogP contribution in [0.25, 0.3) is 16.7 Å². The lowest BCUT2D eigenvalue weighted by Crippen LogP contribution is -2.18. The van der Waals surface area contributed by atoms with E-state index in [0.717, 1.165) is 5.56 Å². The number of aromatic nitrogens is 5. The molecular weight excluding hydrogens is 509 g/mol. The molecule has 2 N–H and O–H groups in total. The number of nitrogens with zero attached hydrogens (tertiary/aromatic N) is 5. The number of hydrogen-bond donors (Lipinski definition) is 2. The molecule has 5 rings (SSSR count). The molecule has 0 saturated carbocycles. The van der Waals surface area contributed by atoms with Crippen LogP contribution in [0.2, 0.25) is 0 Å². The largest absolute Gasteiger partial charge is 0.610 e. The summed E-state index contributed by atoms with van der Waals surface area (Å²) >= 11 is -1.45. The number of rotatable bonds is 6. The van der Waals surface area contributed by atoms with Crippen molar-refractivity contribution in [2.45, 2.75) is 11.9 Å². The Morgan fingerprint density at radius 1 is 1.08 bits per heavy atom. The Labute approximate surface area is 219 Å². The van der Waals surface area contributed by atoms with Gasteiger partial charge in [0.25, 0.3) is 11.5 Å². The first-order valence-electron chi connectivity index (χ1n) is 11.4. The number of anilines is 3. The van der Waals surface area contributed by atoms with Gasteiger partial charge in [-0.05, 0) is 61.0 Å². The van der Waals surface area contributed by atoms with E-state index in [-0.39, 0.29) is 16.8 Å². The van der Waals surface area contributed by atoms with Crippen LogP contribution < -0.4 is 16.2 Å². The zero-order chi connectivity index (χ0) is 27.0. The van der Waals surface area contributed by atoms with Crippen molar-refractivity contribution in [3.8, 4) is 5.69 Å². The number of halogens is 1. The maximum absolute atomic E-state index is 13.4. The third-order valence-corrected chi connectivity index (χ3v) is 6.68. The van der Waals surface area contributed by atoms with Gasteiger partial charge in [-0.15, -0.1) is 0 Å². The molecule has 192 valence electrons. The minimum atomic E-state index is -1.45. The highest BCUT2D eigenvalue weighted by molar-refractivity contribution is 7.90. The maximum atomic E-state index is 13.4. The predicted octanol–water partition coefficient (Wildman–Crippen LogP) is 3.70. The van der Waals surface area contributed by atoms with Crippen LogP contribution in [0.1, 0.15) is 16.1 Å². The van der Waals surface area contributed by atoms with Gasteiger partial charge in [-0.2, -0.15) is 9.78 Å². The van der Waals surface area contributed by atoms with Gasteiger partial charge < -0.3 is 19.8 Å². The van der Waals surface area contributed by atoms with Gasteiger partial charge >= 0.3 is 0 Å². The van der Waals surface area contributed by atoms with Gasteiger partial charge in [0.05, 0.1) is 17.5 Å². The van der Waals surface area contributed by atoms with Crippen molar-refractivity contribution in [2.75, 3.05) is 16.9 Å². The van der Waals surface area contributed by atoms with Crippen LogP contribution in [-0.2, 0) is 18.2 Å². The zero-order valence-electron chi connectivity index (χ0n) is 20.6. The molecule has 1 amide bonds. The second-order valence-electron chi connectivity index (χ2n) is 8.54. The van der Waals surface area contributed by atoms with E-state index < -0.39 is 22.9 Å². The lowest BCUT2D eigenvalue weighted by molar-refractivity contribution is 0.102. The van der Waals surface area contributed by atoms with Gasteiger partial charge in [0.2, 0.25) is 5.03 Å². The Hall–Kier alpha value is -4.55. The summed E-state index contributed by atoms with van der Waals surface area (Å²) in [4.78, 5) is 34.1. The highest BCUT2D eigenvalue weighted by atomic mass is 32.2. The second-order valence-corrected chi connectivity index (χ2v) is 9.87. The lowest BCUT2D eigenvalue weighted by atomic mass is 10.1. The Morgan fingerprint density at radius 2 is 1.84 bits per heavy atom. The molecule has 0 aliphatic rings. The van der Waals surface area contributed by atoms with Crippen molar-refractivity contribution in [1.29, 1.82) is 0 Å². The maximum Gasteiger partial charge on any atom is 0.279 e. The van der Waals surface area contributed by atoms with E-state index in [4.69, 9.17) is 0 Å². The molecule has 38 heavy (non-hydrogen) atoms. The first kappa shape index (κ1) is 25.1. The average molecular weight is 532 g/mol. The number of fused-ring (bicyclic) bond motifs is 1. The fourth-order valence-corrected chi connectivity index (χ4v) is 4.43. The number of carbonyl (C=O) groups excluding carboxylic acids is 1. The van der Waals surface area contributed by atoms with E-state index in [2.05, 4.69) is 25.7 Å². The van der Waals surface area contributed by atoms with E-state index in [1.807, 2.05) is 13.0 Å². The molecule has 0 bridgehead atoms. The van der Waals surface area contributed by atoms with E-state index in [1.54, 1.807) is 31.3 Å². The van der Waals surface area contributed by atoms with Gasteiger partial charge in [-0.1, -0.05) is 6.07 Å². The van der Waals surface area contributed by atoms with Crippen molar-refractivity contribution < 1.29 is 13.7 Å². The quantitative estimate of drug-likeness (QED) is 0.320. The van der Waals surface area contributed by atoms with Crippen molar-refractivity contribution in [1.82, 2.24) is 24.3 Å². The summed E-state index contributed by atoms with van der Waals surface area (Å²) in [6.45, 7) is 1.89. The first-order chi connectivity index (χ1) is 18.2. The average Bonchev–Trinajstić information content (AvgIpc) is 3.35. The van der Waals surface area contributed by atoms with Crippen molar-refractivity contribution in [3.05, 3.63) is 94.4 Å². The normalized spacial score (nSPS) is 11.9. The van der Waals surface area contributed by atoms with E-state index in [0.29, 0.717) is 33.4 Å². The van der Waals surface area contributed by atoms with Crippen molar-refractivity contribution in [2.24, 2.45) is 7.05 Å². The van der Waals surface area contributed by atoms with Crippen molar-refractivity contribution >= 4 is 45.3 Å². The number of amides is 1. The number of pyridine rings is 1. The minimum absolute atomic E-state index is 0.0501. The molecular formula is C26H22FN7O3S. The molecule has 1 atom stereocenters. The third kappa shape index (κ3) is 4.99. The van der Waals surface area contributed by atoms with Gasteiger partial charge in [-0.3, -0.25) is 9.59 Å². The number of carbonyl (C=O) groups is 1. The SMILES string of the molecule is Cc1ccc(NC(=O)c2cc([S+](C)[O-])n(-c3ccc(F)cc3)n2)cc1Nc1ccc2ncn(C)c(=O)c2n1. The summed E-state index contributed by atoms with van der Waals surface area (Å²) in [5.74, 6) is -0.479. The van der Waals surface area contributed by atoms with Crippen molar-refractivity contribution in [3.63, 3.8) is 0 Å². The number of benzene rings is 2. The van der Waals surface area contributed by atoms with E-state index in [1.165, 1.54) is 52.2 Å². The van der Waals surface area contributed by atoms with Gasteiger partial charge in [0.15, 0.2) is 11.2 Å². The molecule has 0 aliphatic carbocycles. The van der Waals surface area contributed by atoms with Crippen LogP contribution in [-0.4, -0.2) is 41.0 Å². The molecule has 12 heteroatoms. The molecule has 0 fully saturated rings. The molecule has 3 aromatic heterocycles. The van der Waals surface area contributed by atoms with E-state index in [9.17, 15) is 18.5 Å². The molecule has 0 saturated heterocycles. The summed E-state index contributed by atoms with van der Waals surface area (Å²) < 4.78 is 28.4. The Bertz CT molecular complexity index is 1730. The molecule has 0 radical (unpaired) electrons. The molecule has 1 unspecified atom stereocenters. The number of nitrogens with one attached hydrogen (secondary N) is 2. The number of hydrogen-bond acceptors (Lipinski definition) is 7. The fraction of sp³-hybridized carbons (Fsp3) is 0.115. The Balaban J connectivity index is 1.40. The predicted molar refractivity (Wildman–Crippen MR) is 143 cm³/mol. The lowest BCUT2D eigenvalue weighted by Gasteiger charge is -2.12. The smallest absolute Gasteiger partial charge is 0.279 e. The van der Waals surface area contributed by atoms with Crippen LogP contribution in [0.15, 0.2) is 76.8 Å². The fourth-order valence-electron chi connectivity index (χ4n) is 3.77. The topological polar surface area (TPSA) is 130 Å². The molecule has 3 heterocycles. The first-order valence-corrected chi connectivity index (χ1v) is 13.0. The van der Waals surface area contributed by atoms with Crippen LogP contribution in [0.5, 0.6) is 0 Å². The van der Waals surface area contributed by atoms with Crippen LogP contribution >= 0.6 is 0 Å². The Kier molecular flexibility index (Phi) is 6.66. The summed E-state index contributed by atoms with van der Waals surface area (Å²) in [6, 6.07) is 15.7. The van der Waals surface area contributed by atoms with E-state index >= 15 is 0 Å². The summed E-state index contributed by atoms with van der Waals surface area (Å²) in [5, 5.41) is 10.6. The standard InChI is InChI=1S/C26H22FN7O3S/c1-15-4-7-17(12-20(15)30-22-11-10-19-24(31-22)26(36)33(2)14-28-19)29-25(35)21-13-23(38(3)37)34(32-21)18-8-5-16(27)6-9-18/h4-14H,1-3H3,(H,29,35)(H,30,31). The summed E-state index contributed by atoms with van der Waals surface area (Å²) in [7, 11) is 1.61. The molecule has 5 aromatic rings. The zero-order valence-corrected chi connectivity index (χ0v) is 21.4. The summed E-state index contributed by atoms with van der Waals surface area (Å²) in [5.41, 5.74) is 3.03. The van der Waals surface area contributed by atoms with Crippen LogP contribution in [0, 0.1) is 12.7 Å². The van der Waals surface area contributed by atoms with Gasteiger partial charge in [-0.25, -0.2) is 14.4 Å². The van der Waals surface area contributed by atoms with Crippen LogP contribution in [0.4, 0.5) is 21.6 Å². The van der Waals surface area contributed by atoms with Gasteiger partial charge in [0.1, 0.15) is 17.9 Å². The highest BCUT2D eigenvalue weighted by Crippen LogP contribution is 2.25. The third-order valence-electron chi connectivity index (χ3n) is 5.80. The number of aryl methyl sites for hydroxylation is 2. The molecule has 10 nitrogen and oxygen atoms in total.